The summed E-state index contributed by atoms with van der Waals surface area (Å²) < 4.78 is 4.52. The number of likely N-dealkylation sites (tertiary alicyclic amines) is 1. The van der Waals surface area contributed by atoms with Crippen LogP contribution in [0.15, 0.2) is 0 Å². The minimum absolute atomic E-state index is 0.239. The lowest BCUT2D eigenvalue weighted by atomic mass is 10.0. The van der Waals surface area contributed by atoms with Gasteiger partial charge in [0.1, 0.15) is 5.54 Å². The van der Waals surface area contributed by atoms with Crippen LogP contribution in [0.3, 0.4) is 0 Å². The van der Waals surface area contributed by atoms with Crippen molar-refractivity contribution in [1.29, 1.82) is 0 Å². The van der Waals surface area contributed by atoms with E-state index in [1.807, 2.05) is 4.90 Å². The summed E-state index contributed by atoms with van der Waals surface area (Å²) >= 11 is 0. The number of aliphatic carboxylic acids is 1. The van der Waals surface area contributed by atoms with Crippen molar-refractivity contribution in [1.82, 2.24) is 4.90 Å². The third-order valence-electron chi connectivity index (χ3n) is 2.89. The standard InChI is InChI=1S/C10H18N2O4/c1-16-8(13)3-2-5-12-6-4-10(11,7-12)9(14)15/h2-7,11H2,1H3,(H,14,15). The number of ether oxygens (including phenoxy) is 1. The normalized spacial score (nSPS) is 25.6. The number of esters is 1. The number of nitrogens with zero attached hydrogens (tertiary/aromatic N) is 1. The van der Waals surface area contributed by atoms with E-state index in [0.29, 0.717) is 38.9 Å². The minimum atomic E-state index is -1.12. The fourth-order valence-electron chi connectivity index (χ4n) is 1.83. The summed E-state index contributed by atoms with van der Waals surface area (Å²) in [5, 5.41) is 8.92. The molecule has 6 heteroatoms. The Kier molecular flexibility index (Phi) is 4.26. The maximum absolute atomic E-state index is 10.9. The molecule has 1 unspecified atom stereocenters. The van der Waals surface area contributed by atoms with Crippen molar-refractivity contribution in [3.8, 4) is 0 Å². The molecule has 1 aliphatic rings. The Morgan fingerprint density at radius 2 is 2.25 bits per heavy atom. The van der Waals surface area contributed by atoms with E-state index in [-0.39, 0.29) is 5.97 Å². The highest BCUT2D eigenvalue weighted by molar-refractivity contribution is 5.79. The molecule has 1 saturated heterocycles. The summed E-state index contributed by atoms with van der Waals surface area (Å²) in [5.41, 5.74) is 4.60. The van der Waals surface area contributed by atoms with E-state index in [2.05, 4.69) is 4.74 Å². The average molecular weight is 230 g/mol. The van der Waals surface area contributed by atoms with Gasteiger partial charge in [0.05, 0.1) is 7.11 Å². The Morgan fingerprint density at radius 1 is 1.56 bits per heavy atom. The molecule has 0 aromatic carbocycles. The predicted octanol–water partition coefficient (Wildman–Crippen LogP) is -0.573. The number of carboxylic acid groups (broad SMARTS) is 1. The van der Waals surface area contributed by atoms with Crippen LogP contribution in [0.4, 0.5) is 0 Å². The molecule has 0 bridgehead atoms. The molecule has 1 heterocycles. The number of carbonyl (C=O) groups is 2. The van der Waals surface area contributed by atoms with Crippen LogP contribution in [-0.4, -0.2) is 54.2 Å². The Labute approximate surface area is 94.3 Å². The zero-order valence-electron chi connectivity index (χ0n) is 9.44. The summed E-state index contributed by atoms with van der Waals surface area (Å²) in [6, 6.07) is 0. The SMILES string of the molecule is COC(=O)CCCN1CCC(N)(C(=O)O)C1. The van der Waals surface area contributed by atoms with Gasteiger partial charge in [-0.3, -0.25) is 9.59 Å². The van der Waals surface area contributed by atoms with Gasteiger partial charge in [-0.15, -0.1) is 0 Å². The van der Waals surface area contributed by atoms with Gasteiger partial charge in [-0.1, -0.05) is 0 Å². The summed E-state index contributed by atoms with van der Waals surface area (Å²) in [5.74, 6) is -1.19. The molecular formula is C10H18N2O4. The quantitative estimate of drug-likeness (QED) is 0.614. The van der Waals surface area contributed by atoms with E-state index in [4.69, 9.17) is 10.8 Å². The number of hydrogen-bond donors (Lipinski definition) is 2. The van der Waals surface area contributed by atoms with Gasteiger partial charge in [0, 0.05) is 19.5 Å². The zero-order valence-corrected chi connectivity index (χ0v) is 9.44. The first kappa shape index (κ1) is 12.9. The van der Waals surface area contributed by atoms with Crippen molar-refractivity contribution in [2.24, 2.45) is 5.73 Å². The molecule has 0 spiro atoms. The predicted molar refractivity (Wildman–Crippen MR) is 56.9 cm³/mol. The first-order chi connectivity index (χ1) is 7.48. The highest BCUT2D eigenvalue weighted by Gasteiger charge is 2.40. The molecule has 1 fully saturated rings. The Hall–Kier alpha value is -1.14. The van der Waals surface area contributed by atoms with Crippen LogP contribution in [0.5, 0.6) is 0 Å². The summed E-state index contributed by atoms with van der Waals surface area (Å²) in [4.78, 5) is 23.7. The van der Waals surface area contributed by atoms with Crippen LogP contribution >= 0.6 is 0 Å². The molecule has 0 aromatic rings. The Bertz CT molecular complexity index is 282. The molecule has 1 atom stereocenters. The summed E-state index contributed by atoms with van der Waals surface area (Å²) in [6.45, 7) is 1.70. The number of methoxy groups -OCH3 is 1. The molecule has 1 aliphatic heterocycles. The van der Waals surface area contributed by atoms with E-state index in [0.717, 1.165) is 0 Å². The summed E-state index contributed by atoms with van der Waals surface area (Å²) in [7, 11) is 1.35. The topological polar surface area (TPSA) is 92.9 Å². The van der Waals surface area contributed by atoms with Gasteiger partial charge >= 0.3 is 11.9 Å². The zero-order chi connectivity index (χ0) is 12.2. The highest BCUT2D eigenvalue weighted by Crippen LogP contribution is 2.19. The minimum Gasteiger partial charge on any atom is -0.480 e. The lowest BCUT2D eigenvalue weighted by molar-refractivity contribution is -0.143. The van der Waals surface area contributed by atoms with Crippen LogP contribution in [0.25, 0.3) is 0 Å². The van der Waals surface area contributed by atoms with Crippen molar-refractivity contribution in [3.05, 3.63) is 0 Å². The van der Waals surface area contributed by atoms with Crippen molar-refractivity contribution < 1.29 is 19.4 Å². The monoisotopic (exact) mass is 230 g/mol. The lowest BCUT2D eigenvalue weighted by Gasteiger charge is -2.19. The number of carbonyl (C=O) groups excluding carboxylic acids is 1. The second kappa shape index (κ2) is 5.27. The van der Waals surface area contributed by atoms with Gasteiger partial charge in [0.15, 0.2) is 0 Å². The van der Waals surface area contributed by atoms with Crippen LogP contribution in [-0.2, 0) is 14.3 Å². The first-order valence-electron chi connectivity index (χ1n) is 5.29. The van der Waals surface area contributed by atoms with Crippen LogP contribution in [0.1, 0.15) is 19.3 Å². The second-order valence-corrected chi connectivity index (χ2v) is 4.17. The number of carboxylic acids is 1. The lowest BCUT2D eigenvalue weighted by Crippen LogP contribution is -2.50. The molecule has 1 rings (SSSR count). The van der Waals surface area contributed by atoms with Gasteiger partial charge < -0.3 is 20.5 Å². The molecule has 0 aromatic heterocycles. The van der Waals surface area contributed by atoms with E-state index in [9.17, 15) is 9.59 Å². The van der Waals surface area contributed by atoms with Crippen molar-refractivity contribution >= 4 is 11.9 Å². The van der Waals surface area contributed by atoms with Gasteiger partial charge in [-0.2, -0.15) is 0 Å². The second-order valence-electron chi connectivity index (χ2n) is 4.17. The van der Waals surface area contributed by atoms with Crippen molar-refractivity contribution in [2.75, 3.05) is 26.7 Å². The maximum Gasteiger partial charge on any atom is 0.325 e. The smallest absolute Gasteiger partial charge is 0.325 e. The molecule has 0 amide bonds. The third kappa shape index (κ3) is 3.18. The molecule has 16 heavy (non-hydrogen) atoms. The largest absolute Gasteiger partial charge is 0.480 e. The molecule has 92 valence electrons. The van der Waals surface area contributed by atoms with Crippen LogP contribution in [0, 0.1) is 0 Å². The molecule has 3 N–H and O–H groups in total. The van der Waals surface area contributed by atoms with E-state index < -0.39 is 11.5 Å². The maximum atomic E-state index is 10.9. The molecule has 0 saturated carbocycles. The molecule has 0 aliphatic carbocycles. The van der Waals surface area contributed by atoms with E-state index >= 15 is 0 Å². The van der Waals surface area contributed by atoms with Crippen molar-refractivity contribution in [3.63, 3.8) is 0 Å². The highest BCUT2D eigenvalue weighted by atomic mass is 16.5. The Morgan fingerprint density at radius 3 is 2.75 bits per heavy atom. The number of hydrogen-bond acceptors (Lipinski definition) is 5. The molecule has 0 radical (unpaired) electrons. The number of rotatable bonds is 5. The van der Waals surface area contributed by atoms with E-state index in [1.165, 1.54) is 7.11 Å². The molecular weight excluding hydrogens is 212 g/mol. The van der Waals surface area contributed by atoms with Crippen molar-refractivity contribution in [2.45, 2.75) is 24.8 Å². The van der Waals surface area contributed by atoms with Gasteiger partial charge in [-0.05, 0) is 19.4 Å². The number of nitrogens with two attached hydrogens (primary N) is 1. The van der Waals surface area contributed by atoms with E-state index in [1.54, 1.807) is 0 Å². The van der Waals surface area contributed by atoms with Gasteiger partial charge in [0.25, 0.3) is 0 Å². The average Bonchev–Trinajstić information content (AvgIpc) is 2.61. The van der Waals surface area contributed by atoms with Gasteiger partial charge in [-0.25, -0.2) is 0 Å². The Balaban J connectivity index is 2.27. The summed E-state index contributed by atoms with van der Waals surface area (Å²) in [6.07, 6.45) is 1.49. The fraction of sp³-hybridized carbons (Fsp3) is 0.800. The van der Waals surface area contributed by atoms with Crippen LogP contribution in [0.2, 0.25) is 0 Å². The van der Waals surface area contributed by atoms with Gasteiger partial charge in [0.2, 0.25) is 0 Å². The first-order valence-corrected chi connectivity index (χ1v) is 5.29. The van der Waals surface area contributed by atoms with Crippen LogP contribution < -0.4 is 5.73 Å². The fourth-order valence-corrected chi connectivity index (χ4v) is 1.83. The molecule has 6 nitrogen and oxygen atoms in total. The third-order valence-corrected chi connectivity index (χ3v) is 2.89.